The Morgan fingerprint density at radius 3 is 2.40 bits per heavy atom. The van der Waals surface area contributed by atoms with E-state index >= 15 is 0 Å². The van der Waals surface area contributed by atoms with Crippen molar-refractivity contribution in [3.8, 4) is 11.5 Å². The highest BCUT2D eigenvalue weighted by Crippen LogP contribution is 2.27. The van der Waals surface area contributed by atoms with E-state index in [2.05, 4.69) is 16.0 Å². The van der Waals surface area contributed by atoms with E-state index < -0.39 is 53.9 Å². The molecule has 12 heteroatoms. The molecule has 4 atom stereocenters. The van der Waals surface area contributed by atoms with Crippen molar-refractivity contribution >= 4 is 34.4 Å². The molecule has 6 N–H and O–H groups in total. The summed E-state index contributed by atoms with van der Waals surface area (Å²) in [7, 11) is 0. The normalized spacial score (nSPS) is 21.6. The van der Waals surface area contributed by atoms with E-state index in [1.165, 1.54) is 0 Å². The first-order valence-corrected chi connectivity index (χ1v) is 16.4. The van der Waals surface area contributed by atoms with Gasteiger partial charge in [0.15, 0.2) is 0 Å². The van der Waals surface area contributed by atoms with Gasteiger partial charge in [-0.05, 0) is 87.2 Å². The second kappa shape index (κ2) is 15.0. The molecule has 12 nitrogen and oxygen atoms in total. The number of hydrogen-bond acceptors (Lipinski definition) is 8. The van der Waals surface area contributed by atoms with E-state index in [9.17, 15) is 24.3 Å². The molecule has 48 heavy (non-hydrogen) atoms. The van der Waals surface area contributed by atoms with E-state index in [1.807, 2.05) is 62.1 Å². The van der Waals surface area contributed by atoms with Gasteiger partial charge in [-0.15, -0.1) is 0 Å². The number of nitrogens with one attached hydrogen (secondary N) is 3. The second-order valence-corrected chi connectivity index (χ2v) is 13.5. The molecule has 6 rings (SSSR count). The Morgan fingerprint density at radius 2 is 1.71 bits per heavy atom. The predicted octanol–water partition coefficient (Wildman–Crippen LogP) is 2.05. The summed E-state index contributed by atoms with van der Waals surface area (Å²) in [6.07, 6.45) is 0.115. The summed E-state index contributed by atoms with van der Waals surface area (Å²) in [4.78, 5) is 54.7. The Hall–Kier alpha value is -4.68. The van der Waals surface area contributed by atoms with Crippen LogP contribution in [0.4, 0.5) is 0 Å². The topological polar surface area (TPSA) is 172 Å². The van der Waals surface area contributed by atoms with Gasteiger partial charge in [-0.2, -0.15) is 0 Å². The Morgan fingerprint density at radius 1 is 1.02 bits per heavy atom. The van der Waals surface area contributed by atoms with Crippen LogP contribution in [0.3, 0.4) is 0 Å². The fourth-order valence-electron chi connectivity index (χ4n) is 6.18. The van der Waals surface area contributed by atoms with E-state index in [-0.39, 0.29) is 43.4 Å². The van der Waals surface area contributed by atoms with Crippen LogP contribution in [0.15, 0.2) is 60.7 Å². The van der Waals surface area contributed by atoms with E-state index in [0.717, 1.165) is 22.8 Å². The van der Waals surface area contributed by atoms with Gasteiger partial charge in [0.2, 0.25) is 17.7 Å². The zero-order chi connectivity index (χ0) is 34.4. The lowest BCUT2D eigenvalue weighted by atomic mass is 9.99. The SMILES string of the molecule is CC(C)(C)NC(=O)[C@@H]1CCCN1C[C@@H](O)[C@@H]1Cc2ccc(cc2)OCCOc2cc3ccccc3cc2C(=O)N[C@@H](CC(N)=O)C(=O)N1. The maximum Gasteiger partial charge on any atom is 0.255 e. The molecule has 1 saturated heterocycles. The van der Waals surface area contributed by atoms with Gasteiger partial charge in [0.05, 0.1) is 30.2 Å². The Bertz CT molecular complexity index is 1640. The second-order valence-electron chi connectivity index (χ2n) is 13.5. The van der Waals surface area contributed by atoms with Gasteiger partial charge >= 0.3 is 0 Å². The number of primary amides is 1. The summed E-state index contributed by atoms with van der Waals surface area (Å²) in [5.74, 6) is -1.31. The van der Waals surface area contributed by atoms with Crippen molar-refractivity contribution in [3.05, 3.63) is 71.8 Å². The van der Waals surface area contributed by atoms with Crippen molar-refractivity contribution in [2.45, 2.75) is 76.2 Å². The minimum Gasteiger partial charge on any atom is -0.490 e. The summed E-state index contributed by atoms with van der Waals surface area (Å²) in [6, 6.07) is 15.6. The van der Waals surface area contributed by atoms with Crippen LogP contribution in [0.25, 0.3) is 10.8 Å². The number of ether oxygens (including phenoxy) is 2. The van der Waals surface area contributed by atoms with Gasteiger partial charge in [-0.1, -0.05) is 36.4 Å². The monoisotopic (exact) mass is 659 g/mol. The predicted molar refractivity (Wildman–Crippen MR) is 181 cm³/mol. The summed E-state index contributed by atoms with van der Waals surface area (Å²) in [5, 5.41) is 21.8. The third kappa shape index (κ3) is 9.02. The maximum absolute atomic E-state index is 13.8. The molecule has 4 amide bonds. The van der Waals surface area contributed by atoms with Crippen LogP contribution in [0.1, 0.15) is 56.0 Å². The van der Waals surface area contributed by atoms with Gasteiger partial charge in [0.1, 0.15) is 30.8 Å². The van der Waals surface area contributed by atoms with Crippen molar-refractivity contribution in [2.75, 3.05) is 26.3 Å². The average Bonchev–Trinajstić information content (AvgIpc) is 3.49. The van der Waals surface area contributed by atoms with Crippen LogP contribution in [-0.4, -0.2) is 89.7 Å². The number of amides is 4. The van der Waals surface area contributed by atoms with Crippen LogP contribution in [0.2, 0.25) is 0 Å². The highest BCUT2D eigenvalue weighted by atomic mass is 16.5. The van der Waals surface area contributed by atoms with E-state index in [0.29, 0.717) is 18.7 Å². The Balaban J connectivity index is 1.44. The van der Waals surface area contributed by atoms with E-state index in [4.69, 9.17) is 15.2 Å². The summed E-state index contributed by atoms with van der Waals surface area (Å²) in [5.41, 5.74) is 6.11. The number of rotatable bonds is 6. The molecular weight excluding hydrogens is 614 g/mol. The van der Waals surface area contributed by atoms with Crippen molar-refractivity contribution in [1.29, 1.82) is 0 Å². The number of β-amino-alcohol motifs (C(OH)–C–C–N with tert-alkyl or cyclic N) is 1. The van der Waals surface area contributed by atoms with Crippen LogP contribution >= 0.6 is 0 Å². The molecule has 3 aliphatic heterocycles. The maximum atomic E-state index is 13.8. The number of aliphatic hydroxyl groups excluding tert-OH is 1. The van der Waals surface area contributed by atoms with Gasteiger partial charge in [0, 0.05) is 12.1 Å². The van der Waals surface area contributed by atoms with Crippen LogP contribution in [0, 0.1) is 0 Å². The van der Waals surface area contributed by atoms with Crippen molar-refractivity contribution in [2.24, 2.45) is 5.73 Å². The molecule has 2 bridgehead atoms. The molecule has 0 radical (unpaired) electrons. The van der Waals surface area contributed by atoms with Crippen molar-refractivity contribution < 1.29 is 33.8 Å². The smallest absolute Gasteiger partial charge is 0.255 e. The number of hydrogen-bond donors (Lipinski definition) is 5. The number of carbonyl (C=O) groups is 4. The number of nitrogens with two attached hydrogens (primary N) is 1. The Labute approximate surface area is 280 Å². The van der Waals surface area contributed by atoms with Crippen LogP contribution < -0.4 is 31.2 Å². The number of carbonyl (C=O) groups excluding carboxylic acids is 4. The zero-order valence-corrected chi connectivity index (χ0v) is 27.7. The van der Waals surface area contributed by atoms with Gasteiger partial charge in [0.25, 0.3) is 5.91 Å². The highest BCUT2D eigenvalue weighted by Gasteiger charge is 2.36. The number of aliphatic hydroxyl groups is 1. The molecule has 0 saturated carbocycles. The van der Waals surface area contributed by atoms with Crippen LogP contribution in [0.5, 0.6) is 11.5 Å². The number of nitrogens with zero attached hydrogens (tertiary/aromatic N) is 1. The molecule has 0 unspecified atom stereocenters. The number of fused-ring (bicyclic) bond motifs is 12. The van der Waals surface area contributed by atoms with Crippen molar-refractivity contribution in [3.63, 3.8) is 0 Å². The average molecular weight is 660 g/mol. The molecular formula is C36H45N5O7. The fourth-order valence-corrected chi connectivity index (χ4v) is 6.18. The standard InChI is InChI=1S/C36H45N5O7/c1-36(2,3)40-35(46)29-9-6-14-41(29)21-30(42)27-17-22-10-12-25(13-11-22)47-15-16-48-31-19-24-8-5-4-7-23(24)18-26(31)33(44)39-28(20-32(37)43)34(45)38-27/h4-5,7-8,10-13,18-19,27-30,42H,6,9,14-17,20-21H2,1-3H3,(H2,37,43)(H,38,45)(H,39,44)(H,40,46)/t27-,28-,29-,30+/m0/s1. The summed E-state index contributed by atoms with van der Waals surface area (Å²) < 4.78 is 11.9. The molecule has 3 aliphatic rings. The van der Waals surface area contributed by atoms with Gasteiger partial charge < -0.3 is 36.3 Å². The van der Waals surface area contributed by atoms with Crippen LogP contribution in [-0.2, 0) is 20.8 Å². The van der Waals surface area contributed by atoms with Gasteiger partial charge in [-0.25, -0.2) is 0 Å². The minimum absolute atomic E-state index is 0.109. The third-order valence-corrected chi connectivity index (χ3v) is 8.49. The third-order valence-electron chi connectivity index (χ3n) is 8.49. The summed E-state index contributed by atoms with van der Waals surface area (Å²) >= 11 is 0. The first kappa shape index (κ1) is 34.6. The van der Waals surface area contributed by atoms with Crippen molar-refractivity contribution in [1.82, 2.24) is 20.9 Å². The fraction of sp³-hybridized carbons (Fsp3) is 0.444. The van der Waals surface area contributed by atoms with E-state index in [1.54, 1.807) is 24.3 Å². The van der Waals surface area contributed by atoms with Gasteiger partial charge in [-0.3, -0.25) is 24.1 Å². The largest absolute Gasteiger partial charge is 0.490 e. The first-order valence-electron chi connectivity index (χ1n) is 16.4. The molecule has 3 heterocycles. The lowest BCUT2D eigenvalue weighted by Gasteiger charge is -2.32. The minimum atomic E-state index is -1.33. The molecule has 1 fully saturated rings. The highest BCUT2D eigenvalue weighted by molar-refractivity contribution is 6.04. The quantitative estimate of drug-likeness (QED) is 0.268. The molecule has 3 aromatic rings. The lowest BCUT2D eigenvalue weighted by molar-refractivity contribution is -0.129. The molecule has 0 spiro atoms. The number of benzene rings is 3. The molecule has 0 aliphatic carbocycles. The molecule has 0 aromatic heterocycles. The summed E-state index contributed by atoms with van der Waals surface area (Å²) in [6.45, 7) is 6.84. The zero-order valence-electron chi connectivity index (χ0n) is 27.7. The number of likely N-dealkylation sites (tertiary alicyclic amines) is 1. The molecule has 3 aromatic carbocycles. The Kier molecular flexibility index (Phi) is 10.9. The molecule has 256 valence electrons. The first-order chi connectivity index (χ1) is 22.9. The lowest BCUT2D eigenvalue weighted by Crippen LogP contribution is -2.57.